The molecule has 0 unspecified atom stereocenters. The number of anilines is 1. The summed E-state index contributed by atoms with van der Waals surface area (Å²) in [4.78, 5) is 26.6. The lowest BCUT2D eigenvalue weighted by Crippen LogP contribution is -2.31. The Kier molecular flexibility index (Phi) is 5.00. The number of esters is 1. The molecule has 0 radical (unpaired) electrons. The molecule has 5 nitrogen and oxygen atoms in total. The highest BCUT2D eigenvalue weighted by atomic mass is 35.5. The summed E-state index contributed by atoms with van der Waals surface area (Å²) >= 11 is 5.96. The summed E-state index contributed by atoms with van der Waals surface area (Å²) in [5, 5.41) is 10.9. The van der Waals surface area contributed by atoms with E-state index in [2.05, 4.69) is 0 Å². The predicted molar refractivity (Wildman–Crippen MR) is 99.1 cm³/mol. The number of aryl methyl sites for hydroxylation is 1. The molecule has 0 fully saturated rings. The van der Waals surface area contributed by atoms with Gasteiger partial charge in [-0.1, -0.05) is 41.4 Å². The van der Waals surface area contributed by atoms with Gasteiger partial charge in [-0.3, -0.25) is 9.69 Å². The highest BCUT2D eigenvalue weighted by Crippen LogP contribution is 2.41. The minimum atomic E-state index is -0.790. The third-order valence-electron chi connectivity index (χ3n) is 4.20. The number of halogens is 1. The van der Waals surface area contributed by atoms with E-state index in [-0.39, 0.29) is 12.2 Å². The summed E-state index contributed by atoms with van der Waals surface area (Å²) in [7, 11) is 0. The van der Waals surface area contributed by atoms with Crippen molar-refractivity contribution in [3.05, 3.63) is 76.0 Å². The second-order valence-corrected chi connectivity index (χ2v) is 6.38. The Morgan fingerprint density at radius 1 is 1.15 bits per heavy atom. The minimum absolute atomic E-state index is 0.0697. The van der Waals surface area contributed by atoms with E-state index in [1.807, 2.05) is 19.1 Å². The number of carbonyl (C=O) groups is 2. The van der Waals surface area contributed by atoms with Gasteiger partial charge in [0.15, 0.2) is 5.76 Å². The quantitative estimate of drug-likeness (QED) is 0.821. The summed E-state index contributed by atoms with van der Waals surface area (Å²) in [5.41, 5.74) is 2.19. The Bertz CT molecular complexity index is 872. The summed E-state index contributed by atoms with van der Waals surface area (Å²) in [5.74, 6) is -1.95. The summed E-state index contributed by atoms with van der Waals surface area (Å²) in [6, 6.07) is 13.3. The van der Waals surface area contributed by atoms with Crippen LogP contribution in [-0.2, 0) is 14.3 Å². The Labute approximate surface area is 156 Å². The van der Waals surface area contributed by atoms with E-state index in [0.717, 1.165) is 5.56 Å². The number of benzene rings is 2. The Morgan fingerprint density at radius 3 is 2.35 bits per heavy atom. The van der Waals surface area contributed by atoms with Gasteiger partial charge in [-0.05, 0) is 43.7 Å². The lowest BCUT2D eigenvalue weighted by atomic mass is 9.99. The molecule has 1 aliphatic rings. The summed E-state index contributed by atoms with van der Waals surface area (Å²) in [6.07, 6.45) is 0. The van der Waals surface area contributed by atoms with Crippen LogP contribution < -0.4 is 4.90 Å². The standard InChI is InChI=1S/C20H18ClNO4/c1-3-26-20(25)16-17(13-6-8-14(21)9-7-13)22(19(24)18(16)23)15-10-4-12(2)5-11-15/h4-11,17,23H,3H2,1-2H3/t17-/m1/s1. The maximum absolute atomic E-state index is 12.7. The van der Waals surface area contributed by atoms with E-state index in [1.165, 1.54) is 4.90 Å². The number of amides is 1. The van der Waals surface area contributed by atoms with Crippen LogP contribution >= 0.6 is 11.6 Å². The van der Waals surface area contributed by atoms with E-state index < -0.39 is 23.7 Å². The van der Waals surface area contributed by atoms with E-state index in [1.54, 1.807) is 43.3 Å². The zero-order valence-electron chi connectivity index (χ0n) is 14.4. The lowest BCUT2D eigenvalue weighted by Gasteiger charge is -2.26. The zero-order valence-corrected chi connectivity index (χ0v) is 15.2. The number of ether oxygens (including phenoxy) is 1. The van der Waals surface area contributed by atoms with E-state index in [9.17, 15) is 14.7 Å². The molecule has 1 atom stereocenters. The van der Waals surface area contributed by atoms with E-state index in [4.69, 9.17) is 16.3 Å². The van der Waals surface area contributed by atoms with Gasteiger partial charge >= 0.3 is 5.97 Å². The number of aliphatic hydroxyl groups is 1. The molecule has 134 valence electrons. The fourth-order valence-electron chi connectivity index (χ4n) is 2.95. The van der Waals surface area contributed by atoms with E-state index >= 15 is 0 Å². The van der Waals surface area contributed by atoms with Crippen molar-refractivity contribution in [2.24, 2.45) is 0 Å². The molecule has 2 aromatic rings. The van der Waals surface area contributed by atoms with Crippen LogP contribution in [0.25, 0.3) is 0 Å². The SMILES string of the molecule is CCOC(=O)C1=C(O)C(=O)N(c2ccc(C)cc2)[C@@H]1c1ccc(Cl)cc1. The van der Waals surface area contributed by atoms with E-state index in [0.29, 0.717) is 16.3 Å². The fourth-order valence-corrected chi connectivity index (χ4v) is 3.08. The molecule has 0 aromatic heterocycles. The second kappa shape index (κ2) is 7.22. The van der Waals surface area contributed by atoms with Gasteiger partial charge in [-0.15, -0.1) is 0 Å². The summed E-state index contributed by atoms with van der Waals surface area (Å²) in [6.45, 7) is 3.75. The van der Waals surface area contributed by atoms with Crippen LogP contribution in [0.5, 0.6) is 0 Å². The predicted octanol–water partition coefficient (Wildman–Crippen LogP) is 4.11. The maximum atomic E-state index is 12.7. The molecule has 2 aromatic carbocycles. The number of hydrogen-bond acceptors (Lipinski definition) is 4. The van der Waals surface area contributed by atoms with Crippen LogP contribution in [0, 0.1) is 6.92 Å². The fraction of sp³-hybridized carbons (Fsp3) is 0.200. The van der Waals surface area contributed by atoms with Crippen LogP contribution in [0.3, 0.4) is 0 Å². The lowest BCUT2D eigenvalue weighted by molar-refractivity contribution is -0.139. The van der Waals surface area contributed by atoms with Crippen molar-refractivity contribution in [1.29, 1.82) is 0 Å². The first-order valence-corrected chi connectivity index (χ1v) is 8.57. The molecule has 1 N–H and O–H groups in total. The highest BCUT2D eigenvalue weighted by Gasteiger charge is 2.45. The number of aliphatic hydroxyl groups excluding tert-OH is 1. The van der Waals surface area contributed by atoms with Crippen molar-refractivity contribution in [2.75, 3.05) is 11.5 Å². The molecule has 0 bridgehead atoms. The molecule has 0 spiro atoms. The Hall–Kier alpha value is -2.79. The van der Waals surface area contributed by atoms with Gasteiger partial charge in [0.25, 0.3) is 5.91 Å². The van der Waals surface area contributed by atoms with Gasteiger partial charge in [0.2, 0.25) is 0 Å². The van der Waals surface area contributed by atoms with Gasteiger partial charge in [-0.25, -0.2) is 4.79 Å². The van der Waals surface area contributed by atoms with Crippen molar-refractivity contribution < 1.29 is 19.4 Å². The van der Waals surface area contributed by atoms with Gasteiger partial charge in [0.05, 0.1) is 12.6 Å². The van der Waals surface area contributed by atoms with Crippen molar-refractivity contribution >= 4 is 29.2 Å². The molecule has 6 heteroatoms. The average Bonchev–Trinajstić information content (AvgIpc) is 2.88. The number of rotatable bonds is 4. The molecule has 0 saturated carbocycles. The summed E-state index contributed by atoms with van der Waals surface area (Å²) < 4.78 is 5.06. The number of carbonyl (C=O) groups excluding carboxylic acids is 2. The smallest absolute Gasteiger partial charge is 0.340 e. The number of hydrogen-bond donors (Lipinski definition) is 1. The first-order chi connectivity index (χ1) is 12.4. The van der Waals surface area contributed by atoms with Gasteiger partial charge < -0.3 is 9.84 Å². The molecule has 26 heavy (non-hydrogen) atoms. The second-order valence-electron chi connectivity index (χ2n) is 5.95. The third-order valence-corrected chi connectivity index (χ3v) is 4.45. The first-order valence-electron chi connectivity index (χ1n) is 8.20. The molecule has 1 amide bonds. The topological polar surface area (TPSA) is 66.8 Å². The third kappa shape index (κ3) is 3.18. The van der Waals surface area contributed by atoms with Crippen molar-refractivity contribution in [3.8, 4) is 0 Å². The normalized spacial score (nSPS) is 17.0. The van der Waals surface area contributed by atoms with Crippen LogP contribution in [0.4, 0.5) is 5.69 Å². The van der Waals surface area contributed by atoms with Gasteiger partial charge in [0.1, 0.15) is 5.57 Å². The first kappa shape index (κ1) is 18.0. The van der Waals surface area contributed by atoms with Crippen molar-refractivity contribution in [2.45, 2.75) is 19.9 Å². The Morgan fingerprint density at radius 2 is 1.77 bits per heavy atom. The Balaban J connectivity index is 2.14. The molecule has 1 aliphatic heterocycles. The maximum Gasteiger partial charge on any atom is 0.340 e. The molecule has 0 saturated heterocycles. The van der Waals surface area contributed by atoms with Gasteiger partial charge in [0, 0.05) is 10.7 Å². The molecular weight excluding hydrogens is 354 g/mol. The van der Waals surface area contributed by atoms with Crippen LogP contribution in [0.1, 0.15) is 24.1 Å². The molecule has 3 rings (SSSR count). The monoisotopic (exact) mass is 371 g/mol. The largest absolute Gasteiger partial charge is 0.503 e. The average molecular weight is 372 g/mol. The van der Waals surface area contributed by atoms with Crippen LogP contribution in [0.2, 0.25) is 5.02 Å². The van der Waals surface area contributed by atoms with Crippen molar-refractivity contribution in [3.63, 3.8) is 0 Å². The minimum Gasteiger partial charge on any atom is -0.503 e. The zero-order chi connectivity index (χ0) is 18.8. The number of nitrogens with zero attached hydrogens (tertiary/aromatic N) is 1. The van der Waals surface area contributed by atoms with Crippen LogP contribution in [-0.4, -0.2) is 23.6 Å². The molecule has 0 aliphatic carbocycles. The molecular formula is C20H18ClNO4. The highest BCUT2D eigenvalue weighted by molar-refractivity contribution is 6.30. The van der Waals surface area contributed by atoms with Crippen LogP contribution in [0.15, 0.2) is 59.9 Å². The van der Waals surface area contributed by atoms with Gasteiger partial charge in [-0.2, -0.15) is 0 Å². The van der Waals surface area contributed by atoms with Crippen molar-refractivity contribution in [1.82, 2.24) is 0 Å². The molecule has 1 heterocycles.